The predicted octanol–water partition coefficient (Wildman–Crippen LogP) is 2.89. The highest BCUT2D eigenvalue weighted by atomic mass is 19.4. The summed E-state index contributed by atoms with van der Waals surface area (Å²) in [6, 6.07) is 0.346. The zero-order valence-electron chi connectivity index (χ0n) is 11.6. The van der Waals surface area contributed by atoms with Crippen molar-refractivity contribution in [3.63, 3.8) is 0 Å². The molecule has 1 heterocycles. The van der Waals surface area contributed by atoms with E-state index < -0.39 is 12.1 Å². The highest BCUT2D eigenvalue weighted by molar-refractivity contribution is 4.82. The highest BCUT2D eigenvalue weighted by Crippen LogP contribution is 2.34. The first kappa shape index (κ1) is 15.8. The van der Waals surface area contributed by atoms with Gasteiger partial charge in [-0.1, -0.05) is 13.8 Å². The van der Waals surface area contributed by atoms with Crippen molar-refractivity contribution >= 4 is 0 Å². The zero-order valence-corrected chi connectivity index (χ0v) is 11.6. The van der Waals surface area contributed by atoms with E-state index in [1.54, 1.807) is 0 Å². The van der Waals surface area contributed by atoms with Gasteiger partial charge in [0.05, 0.1) is 5.92 Å². The van der Waals surface area contributed by atoms with Crippen LogP contribution in [-0.2, 0) is 0 Å². The number of nitrogens with one attached hydrogen (secondary N) is 1. The van der Waals surface area contributed by atoms with Gasteiger partial charge >= 0.3 is 6.18 Å². The minimum atomic E-state index is -4.01. The molecule has 0 aliphatic carbocycles. The molecule has 18 heavy (non-hydrogen) atoms. The predicted molar refractivity (Wildman–Crippen MR) is 67.5 cm³/mol. The van der Waals surface area contributed by atoms with Crippen molar-refractivity contribution in [2.75, 3.05) is 26.2 Å². The molecule has 1 rings (SSSR count). The maximum absolute atomic E-state index is 12.6. The van der Waals surface area contributed by atoms with Gasteiger partial charge in [0.1, 0.15) is 0 Å². The van der Waals surface area contributed by atoms with E-state index in [2.05, 4.69) is 31.0 Å². The Bertz CT molecular complexity index is 235. The topological polar surface area (TPSA) is 15.3 Å². The Balaban J connectivity index is 2.38. The van der Waals surface area contributed by atoms with Gasteiger partial charge in [-0.3, -0.25) is 0 Å². The summed E-state index contributed by atoms with van der Waals surface area (Å²) in [5.41, 5.74) is 0. The van der Waals surface area contributed by atoms with Gasteiger partial charge in [0, 0.05) is 6.04 Å². The van der Waals surface area contributed by atoms with Crippen molar-refractivity contribution in [3.8, 4) is 0 Å². The lowest BCUT2D eigenvalue weighted by atomic mass is 9.93. The Kier molecular flexibility index (Phi) is 5.92. The number of hydrogen-bond acceptors (Lipinski definition) is 2. The molecular weight excluding hydrogens is 241 g/mol. The molecule has 0 aromatic carbocycles. The van der Waals surface area contributed by atoms with Gasteiger partial charge in [-0.25, -0.2) is 0 Å². The summed E-state index contributed by atoms with van der Waals surface area (Å²) < 4.78 is 37.7. The Morgan fingerprint density at radius 3 is 2.22 bits per heavy atom. The Morgan fingerprint density at radius 2 is 1.78 bits per heavy atom. The molecule has 1 N–H and O–H groups in total. The van der Waals surface area contributed by atoms with E-state index >= 15 is 0 Å². The van der Waals surface area contributed by atoms with Gasteiger partial charge in [-0.15, -0.1) is 0 Å². The van der Waals surface area contributed by atoms with Crippen molar-refractivity contribution in [3.05, 3.63) is 0 Å². The quantitative estimate of drug-likeness (QED) is 0.823. The summed E-state index contributed by atoms with van der Waals surface area (Å²) in [6.07, 6.45) is -3.51. The Morgan fingerprint density at radius 1 is 1.22 bits per heavy atom. The molecule has 0 aromatic rings. The van der Waals surface area contributed by atoms with E-state index in [9.17, 15) is 13.2 Å². The van der Waals surface area contributed by atoms with Gasteiger partial charge in [-0.2, -0.15) is 13.2 Å². The van der Waals surface area contributed by atoms with Gasteiger partial charge in [0.15, 0.2) is 0 Å². The van der Waals surface area contributed by atoms with Crippen LogP contribution in [0.1, 0.15) is 33.6 Å². The van der Waals surface area contributed by atoms with Gasteiger partial charge in [0.2, 0.25) is 0 Å². The van der Waals surface area contributed by atoms with Crippen LogP contribution in [0.2, 0.25) is 0 Å². The summed E-state index contributed by atoms with van der Waals surface area (Å²) in [6.45, 7) is 9.35. The number of hydrogen-bond donors (Lipinski definition) is 1. The summed E-state index contributed by atoms with van der Waals surface area (Å²) >= 11 is 0. The average Bonchev–Trinajstić information content (AvgIpc) is 2.34. The summed E-state index contributed by atoms with van der Waals surface area (Å²) in [5.74, 6) is -0.627. The number of rotatable bonds is 5. The minimum absolute atomic E-state index is 0.252. The largest absolute Gasteiger partial charge is 0.391 e. The molecule has 1 saturated heterocycles. The van der Waals surface area contributed by atoms with Crippen molar-refractivity contribution < 1.29 is 13.2 Å². The Hall–Kier alpha value is -0.290. The van der Waals surface area contributed by atoms with Crippen LogP contribution in [-0.4, -0.2) is 43.3 Å². The van der Waals surface area contributed by atoms with E-state index in [0.717, 1.165) is 13.1 Å². The maximum atomic E-state index is 12.6. The highest BCUT2D eigenvalue weighted by Gasteiger charge is 2.41. The van der Waals surface area contributed by atoms with Crippen LogP contribution in [0.3, 0.4) is 0 Å². The number of alkyl halides is 3. The average molecular weight is 266 g/mol. The van der Waals surface area contributed by atoms with Crippen LogP contribution in [0.5, 0.6) is 0 Å². The molecule has 1 aliphatic rings. The van der Waals surface area contributed by atoms with Gasteiger partial charge in [0.25, 0.3) is 0 Å². The standard InChI is InChI=1S/C13H25F3N2/c1-4-17-9-10(2)11(3)18-7-5-12(6-8-18)13(14,15)16/h10-12,17H,4-9H2,1-3H3. The summed E-state index contributed by atoms with van der Waals surface area (Å²) in [4.78, 5) is 2.20. The van der Waals surface area contributed by atoms with E-state index in [1.165, 1.54) is 0 Å². The molecule has 1 aliphatic heterocycles. The third-order valence-electron chi connectivity index (χ3n) is 4.11. The third kappa shape index (κ3) is 4.43. The molecule has 2 atom stereocenters. The van der Waals surface area contributed by atoms with E-state index in [-0.39, 0.29) is 12.8 Å². The van der Waals surface area contributed by atoms with E-state index in [0.29, 0.717) is 25.0 Å². The minimum Gasteiger partial charge on any atom is -0.317 e. The molecule has 0 spiro atoms. The third-order valence-corrected chi connectivity index (χ3v) is 4.11. The second-order valence-electron chi connectivity index (χ2n) is 5.38. The number of nitrogens with zero attached hydrogens (tertiary/aromatic N) is 1. The van der Waals surface area contributed by atoms with Crippen LogP contribution in [0.4, 0.5) is 13.2 Å². The van der Waals surface area contributed by atoms with Crippen LogP contribution in [0.15, 0.2) is 0 Å². The van der Waals surface area contributed by atoms with Crippen LogP contribution in [0.25, 0.3) is 0 Å². The number of halogens is 3. The fraction of sp³-hybridized carbons (Fsp3) is 1.00. The molecule has 5 heteroatoms. The zero-order chi connectivity index (χ0) is 13.8. The molecule has 108 valence electrons. The molecule has 0 aromatic heterocycles. The first-order valence-corrected chi connectivity index (χ1v) is 6.87. The second-order valence-corrected chi connectivity index (χ2v) is 5.38. The molecule has 1 fully saturated rings. The van der Waals surface area contributed by atoms with Crippen molar-refractivity contribution in [2.24, 2.45) is 11.8 Å². The fourth-order valence-corrected chi connectivity index (χ4v) is 2.54. The normalized spacial score (nSPS) is 23.0. The monoisotopic (exact) mass is 266 g/mol. The van der Waals surface area contributed by atoms with Crippen LogP contribution in [0, 0.1) is 11.8 Å². The number of likely N-dealkylation sites (tertiary alicyclic amines) is 1. The van der Waals surface area contributed by atoms with E-state index in [4.69, 9.17) is 0 Å². The Labute approximate surface area is 108 Å². The van der Waals surface area contributed by atoms with E-state index in [1.807, 2.05) is 0 Å². The molecule has 2 unspecified atom stereocenters. The smallest absolute Gasteiger partial charge is 0.317 e. The SMILES string of the molecule is CCNCC(C)C(C)N1CCC(C(F)(F)F)CC1. The molecule has 0 bridgehead atoms. The molecule has 0 radical (unpaired) electrons. The lowest BCUT2D eigenvalue weighted by molar-refractivity contribution is -0.186. The van der Waals surface area contributed by atoms with Gasteiger partial charge in [-0.05, 0) is 51.9 Å². The lowest BCUT2D eigenvalue weighted by Crippen LogP contribution is -2.47. The van der Waals surface area contributed by atoms with Gasteiger partial charge < -0.3 is 10.2 Å². The van der Waals surface area contributed by atoms with Crippen molar-refractivity contribution in [1.29, 1.82) is 0 Å². The van der Waals surface area contributed by atoms with Crippen molar-refractivity contribution in [1.82, 2.24) is 10.2 Å². The lowest BCUT2D eigenvalue weighted by Gasteiger charge is -2.39. The molecular formula is C13H25F3N2. The molecule has 0 saturated carbocycles. The second kappa shape index (κ2) is 6.75. The molecule has 2 nitrogen and oxygen atoms in total. The van der Waals surface area contributed by atoms with Crippen molar-refractivity contribution in [2.45, 2.75) is 45.8 Å². The fourth-order valence-electron chi connectivity index (χ4n) is 2.54. The van der Waals surface area contributed by atoms with Crippen LogP contribution >= 0.6 is 0 Å². The first-order chi connectivity index (χ1) is 8.36. The summed E-state index contributed by atoms with van der Waals surface area (Å²) in [5, 5.41) is 3.29. The van der Waals surface area contributed by atoms with Crippen LogP contribution < -0.4 is 5.32 Å². The maximum Gasteiger partial charge on any atom is 0.391 e. The molecule has 0 amide bonds. The number of piperidine rings is 1. The first-order valence-electron chi connectivity index (χ1n) is 6.87. The summed E-state index contributed by atoms with van der Waals surface area (Å²) in [7, 11) is 0.